The second-order valence-corrected chi connectivity index (χ2v) is 5.16. The number of methoxy groups -OCH3 is 1. The van der Waals surface area contributed by atoms with E-state index in [-0.39, 0.29) is 5.69 Å². The molecular weight excluding hydrogens is 313 g/mol. The molecular formula is C15H13Cl2NO3. The molecule has 2 rings (SSSR count). The van der Waals surface area contributed by atoms with Gasteiger partial charge < -0.3 is 9.30 Å². The SMILES string of the molecule is COCCn1ccc(-c2cccc(Cl)c2)c1C(=O)C(=O)Cl. The van der Waals surface area contributed by atoms with Crippen molar-refractivity contribution in [1.82, 2.24) is 4.57 Å². The van der Waals surface area contributed by atoms with Gasteiger partial charge in [-0.1, -0.05) is 23.7 Å². The molecule has 110 valence electrons. The summed E-state index contributed by atoms with van der Waals surface area (Å²) in [4.78, 5) is 23.4. The van der Waals surface area contributed by atoms with E-state index in [2.05, 4.69) is 0 Å². The topological polar surface area (TPSA) is 48.3 Å². The van der Waals surface area contributed by atoms with Gasteiger partial charge in [0.25, 0.3) is 11.0 Å². The summed E-state index contributed by atoms with van der Waals surface area (Å²) in [6.45, 7) is 0.864. The summed E-state index contributed by atoms with van der Waals surface area (Å²) in [6.07, 6.45) is 1.72. The smallest absolute Gasteiger partial charge is 0.294 e. The molecule has 0 aliphatic heterocycles. The van der Waals surface area contributed by atoms with Crippen molar-refractivity contribution >= 4 is 34.2 Å². The number of hydrogen-bond acceptors (Lipinski definition) is 3. The van der Waals surface area contributed by atoms with E-state index in [4.69, 9.17) is 27.9 Å². The van der Waals surface area contributed by atoms with Gasteiger partial charge in [0.2, 0.25) is 0 Å². The summed E-state index contributed by atoms with van der Waals surface area (Å²) in [6, 6.07) is 8.82. The molecule has 0 atom stereocenters. The summed E-state index contributed by atoms with van der Waals surface area (Å²) < 4.78 is 6.66. The van der Waals surface area contributed by atoms with Crippen molar-refractivity contribution in [3.8, 4) is 11.1 Å². The molecule has 0 fully saturated rings. The van der Waals surface area contributed by atoms with Gasteiger partial charge in [0.05, 0.1) is 6.61 Å². The number of rotatable bonds is 6. The Kier molecular flexibility index (Phi) is 5.17. The number of ketones is 1. The lowest BCUT2D eigenvalue weighted by molar-refractivity contribution is -0.108. The van der Waals surface area contributed by atoms with Crippen LogP contribution in [0, 0.1) is 0 Å². The molecule has 2 aromatic rings. The van der Waals surface area contributed by atoms with Crippen molar-refractivity contribution in [2.45, 2.75) is 6.54 Å². The van der Waals surface area contributed by atoms with Gasteiger partial charge in [0, 0.05) is 30.4 Å². The standard InChI is InChI=1S/C15H13Cl2NO3/c1-21-8-7-18-6-5-12(13(18)14(19)15(17)20)10-3-2-4-11(16)9-10/h2-6,9H,7-8H2,1H3. The number of carbonyl (C=O) groups excluding carboxylic acids is 2. The Morgan fingerprint density at radius 1 is 1.29 bits per heavy atom. The lowest BCUT2D eigenvalue weighted by Gasteiger charge is -2.09. The zero-order valence-corrected chi connectivity index (χ0v) is 12.8. The van der Waals surface area contributed by atoms with Crippen molar-refractivity contribution < 1.29 is 14.3 Å². The minimum absolute atomic E-state index is 0.245. The second kappa shape index (κ2) is 6.89. The van der Waals surface area contributed by atoms with Crippen LogP contribution in [0.3, 0.4) is 0 Å². The fourth-order valence-corrected chi connectivity index (χ4v) is 2.36. The highest BCUT2D eigenvalue weighted by Gasteiger charge is 2.23. The molecule has 4 nitrogen and oxygen atoms in total. The molecule has 0 saturated carbocycles. The van der Waals surface area contributed by atoms with Crippen LogP contribution in [0.15, 0.2) is 36.5 Å². The first-order chi connectivity index (χ1) is 10.0. The number of Topliss-reactive ketones (excluding diaryl/α,β-unsaturated/α-hetero) is 1. The predicted octanol–water partition coefficient (Wildman–Crippen LogP) is 3.40. The maximum atomic E-state index is 12.1. The minimum Gasteiger partial charge on any atom is -0.383 e. The molecule has 0 aliphatic rings. The third kappa shape index (κ3) is 3.53. The molecule has 0 spiro atoms. The molecule has 1 aromatic heterocycles. The number of carbonyl (C=O) groups is 2. The highest BCUT2D eigenvalue weighted by atomic mass is 35.5. The lowest BCUT2D eigenvalue weighted by Crippen LogP contribution is -2.16. The van der Waals surface area contributed by atoms with E-state index in [1.54, 1.807) is 42.1 Å². The van der Waals surface area contributed by atoms with Crippen molar-refractivity contribution in [1.29, 1.82) is 0 Å². The van der Waals surface area contributed by atoms with E-state index in [0.717, 1.165) is 5.56 Å². The van der Waals surface area contributed by atoms with Gasteiger partial charge in [-0.15, -0.1) is 0 Å². The van der Waals surface area contributed by atoms with E-state index in [0.29, 0.717) is 23.7 Å². The minimum atomic E-state index is -1.02. The number of benzene rings is 1. The van der Waals surface area contributed by atoms with E-state index in [1.165, 1.54) is 0 Å². The molecule has 1 aromatic carbocycles. The van der Waals surface area contributed by atoms with Crippen LogP contribution >= 0.6 is 23.2 Å². The molecule has 1 heterocycles. The molecule has 0 saturated heterocycles. The number of nitrogens with zero attached hydrogens (tertiary/aromatic N) is 1. The Balaban J connectivity index is 2.53. The van der Waals surface area contributed by atoms with Gasteiger partial charge in [0.1, 0.15) is 5.69 Å². The fourth-order valence-electron chi connectivity index (χ4n) is 2.08. The fraction of sp³-hybridized carbons (Fsp3) is 0.200. The van der Waals surface area contributed by atoms with Crippen LogP contribution in [-0.4, -0.2) is 29.3 Å². The van der Waals surface area contributed by atoms with E-state index in [9.17, 15) is 9.59 Å². The Bertz CT molecular complexity index is 679. The predicted molar refractivity (Wildman–Crippen MR) is 81.9 cm³/mol. The van der Waals surface area contributed by atoms with Gasteiger partial charge in [-0.2, -0.15) is 0 Å². The van der Waals surface area contributed by atoms with Crippen LogP contribution in [0.1, 0.15) is 10.5 Å². The first-order valence-corrected chi connectivity index (χ1v) is 6.98. The Morgan fingerprint density at radius 3 is 2.67 bits per heavy atom. The average molecular weight is 326 g/mol. The molecule has 0 aliphatic carbocycles. The van der Waals surface area contributed by atoms with Crippen LogP contribution < -0.4 is 0 Å². The summed E-state index contributed by atoms with van der Waals surface area (Å²) in [7, 11) is 1.57. The van der Waals surface area contributed by atoms with Gasteiger partial charge in [-0.3, -0.25) is 9.59 Å². The lowest BCUT2D eigenvalue weighted by atomic mass is 10.0. The molecule has 0 unspecified atom stereocenters. The van der Waals surface area contributed by atoms with Crippen LogP contribution in [0.5, 0.6) is 0 Å². The Hall–Kier alpha value is -1.62. The maximum Gasteiger partial charge on any atom is 0.294 e. The normalized spacial score (nSPS) is 10.6. The van der Waals surface area contributed by atoms with Crippen LogP contribution in [0.2, 0.25) is 5.02 Å². The third-order valence-corrected chi connectivity index (χ3v) is 3.44. The Labute approximate surface area is 132 Å². The maximum absolute atomic E-state index is 12.1. The third-order valence-electron chi connectivity index (χ3n) is 3.03. The highest BCUT2D eigenvalue weighted by molar-refractivity contribution is 6.83. The van der Waals surface area contributed by atoms with E-state index < -0.39 is 11.0 Å². The van der Waals surface area contributed by atoms with Crippen LogP contribution in [-0.2, 0) is 16.1 Å². The zero-order chi connectivity index (χ0) is 15.4. The molecule has 0 radical (unpaired) electrons. The van der Waals surface area contributed by atoms with Gasteiger partial charge in [-0.25, -0.2) is 0 Å². The monoisotopic (exact) mass is 325 g/mol. The molecule has 0 N–H and O–H groups in total. The van der Waals surface area contributed by atoms with Crippen LogP contribution in [0.25, 0.3) is 11.1 Å². The largest absolute Gasteiger partial charge is 0.383 e. The highest BCUT2D eigenvalue weighted by Crippen LogP contribution is 2.28. The molecule has 0 amide bonds. The molecule has 0 bridgehead atoms. The summed E-state index contributed by atoms with van der Waals surface area (Å²) >= 11 is 11.3. The number of ether oxygens (including phenoxy) is 1. The summed E-state index contributed by atoms with van der Waals surface area (Å²) in [5.41, 5.74) is 1.61. The quantitative estimate of drug-likeness (QED) is 0.464. The molecule has 21 heavy (non-hydrogen) atoms. The van der Waals surface area contributed by atoms with Crippen molar-refractivity contribution in [3.05, 3.63) is 47.2 Å². The molecule has 6 heteroatoms. The average Bonchev–Trinajstić information content (AvgIpc) is 2.87. The van der Waals surface area contributed by atoms with Gasteiger partial charge >= 0.3 is 0 Å². The van der Waals surface area contributed by atoms with Crippen molar-refractivity contribution in [3.63, 3.8) is 0 Å². The van der Waals surface area contributed by atoms with Crippen molar-refractivity contribution in [2.24, 2.45) is 0 Å². The second-order valence-electron chi connectivity index (χ2n) is 4.38. The van der Waals surface area contributed by atoms with Gasteiger partial charge in [-0.05, 0) is 35.4 Å². The zero-order valence-electron chi connectivity index (χ0n) is 11.3. The van der Waals surface area contributed by atoms with Crippen molar-refractivity contribution in [2.75, 3.05) is 13.7 Å². The first-order valence-electron chi connectivity index (χ1n) is 6.22. The van der Waals surface area contributed by atoms with E-state index >= 15 is 0 Å². The van der Waals surface area contributed by atoms with Gasteiger partial charge in [0.15, 0.2) is 0 Å². The Morgan fingerprint density at radius 2 is 2.05 bits per heavy atom. The van der Waals surface area contributed by atoms with E-state index in [1.807, 2.05) is 6.07 Å². The number of hydrogen-bond donors (Lipinski definition) is 0. The van der Waals surface area contributed by atoms with Crippen LogP contribution in [0.4, 0.5) is 0 Å². The summed E-state index contributed by atoms with van der Waals surface area (Å²) in [5.74, 6) is -0.743. The number of halogens is 2. The number of aromatic nitrogens is 1. The summed E-state index contributed by atoms with van der Waals surface area (Å²) in [5, 5.41) is -0.469. The first kappa shape index (κ1) is 15.8.